The number of rotatable bonds is 0. The molecule has 12 heavy (non-hydrogen) atoms. The Hall–Kier alpha value is -1.09. The molecule has 2 aliphatic rings. The van der Waals surface area contributed by atoms with Gasteiger partial charge in [0.05, 0.1) is 5.69 Å². The molecule has 1 aromatic carbocycles. The molecule has 0 radical (unpaired) electrons. The van der Waals surface area contributed by atoms with E-state index in [4.69, 9.17) is 0 Å². The van der Waals surface area contributed by atoms with Crippen LogP contribution >= 0.6 is 11.8 Å². The average Bonchev–Trinajstić information content (AvgIpc) is 2.62. The normalized spacial score (nSPS) is 23.7. The van der Waals surface area contributed by atoms with Crippen molar-refractivity contribution in [2.45, 2.75) is 10.4 Å². The molecule has 0 aromatic heterocycles. The van der Waals surface area contributed by atoms with E-state index in [1.165, 1.54) is 10.6 Å². The van der Waals surface area contributed by atoms with Crippen LogP contribution in [-0.2, 0) is 0 Å². The molecule has 3 heteroatoms. The fourth-order valence-corrected chi connectivity index (χ4v) is 2.69. The molecule has 2 nitrogen and oxygen atoms in total. The number of anilines is 1. The molecular formula is C9H8N2S. The Morgan fingerprint density at radius 2 is 2.25 bits per heavy atom. The first-order valence-corrected chi connectivity index (χ1v) is 4.80. The number of para-hydroxylation sites is 1. The number of benzene rings is 1. The van der Waals surface area contributed by atoms with Gasteiger partial charge in [-0.1, -0.05) is 23.9 Å². The molecule has 0 fully saturated rings. The van der Waals surface area contributed by atoms with E-state index in [0.29, 0.717) is 5.50 Å². The molecule has 60 valence electrons. The van der Waals surface area contributed by atoms with Gasteiger partial charge in [-0.25, -0.2) is 0 Å². The van der Waals surface area contributed by atoms with Gasteiger partial charge in [-0.3, -0.25) is 0 Å². The fourth-order valence-electron chi connectivity index (χ4n) is 1.55. The number of hydrogen-bond donors (Lipinski definition) is 1. The van der Waals surface area contributed by atoms with Gasteiger partial charge in [0.2, 0.25) is 0 Å². The van der Waals surface area contributed by atoms with Gasteiger partial charge in [-0.2, -0.15) is 0 Å². The van der Waals surface area contributed by atoms with Gasteiger partial charge in [0, 0.05) is 17.3 Å². The van der Waals surface area contributed by atoms with Crippen molar-refractivity contribution in [1.82, 2.24) is 5.32 Å². The Bertz CT molecular complexity index is 348. The Kier molecular flexibility index (Phi) is 1.18. The van der Waals surface area contributed by atoms with Crippen molar-refractivity contribution in [3.63, 3.8) is 0 Å². The summed E-state index contributed by atoms with van der Waals surface area (Å²) < 4.78 is 0. The zero-order chi connectivity index (χ0) is 7.97. The van der Waals surface area contributed by atoms with Crippen molar-refractivity contribution in [2.75, 3.05) is 4.90 Å². The van der Waals surface area contributed by atoms with E-state index in [9.17, 15) is 0 Å². The lowest BCUT2D eigenvalue weighted by Gasteiger charge is -2.14. The molecule has 3 rings (SSSR count). The second-order valence-corrected chi connectivity index (χ2v) is 3.95. The molecule has 0 spiro atoms. The molecule has 1 N–H and O–H groups in total. The third kappa shape index (κ3) is 0.716. The molecular weight excluding hydrogens is 168 g/mol. The predicted molar refractivity (Wildman–Crippen MR) is 50.8 cm³/mol. The summed E-state index contributed by atoms with van der Waals surface area (Å²) in [5.41, 5.74) is 1.70. The summed E-state index contributed by atoms with van der Waals surface area (Å²) in [6.07, 6.45) is 4.08. The number of thioether (sulfide) groups is 1. The molecule has 0 saturated heterocycles. The first kappa shape index (κ1) is 6.43. The van der Waals surface area contributed by atoms with E-state index in [1.807, 2.05) is 18.0 Å². The van der Waals surface area contributed by atoms with Crippen LogP contribution in [0.25, 0.3) is 0 Å². The van der Waals surface area contributed by atoms with Gasteiger partial charge in [0.1, 0.15) is 0 Å². The summed E-state index contributed by atoms with van der Waals surface area (Å²) in [4.78, 5) is 3.61. The molecule has 0 amide bonds. The maximum atomic E-state index is 3.27. The van der Waals surface area contributed by atoms with Crippen molar-refractivity contribution < 1.29 is 0 Å². The van der Waals surface area contributed by atoms with E-state index in [0.717, 1.165) is 0 Å². The summed E-state index contributed by atoms with van der Waals surface area (Å²) in [6.45, 7) is 0. The predicted octanol–water partition coefficient (Wildman–Crippen LogP) is 1.96. The lowest BCUT2D eigenvalue weighted by atomic mass is 10.3. The highest BCUT2D eigenvalue weighted by molar-refractivity contribution is 8.00. The van der Waals surface area contributed by atoms with Crippen molar-refractivity contribution in [3.8, 4) is 0 Å². The highest BCUT2D eigenvalue weighted by Gasteiger charge is 2.29. The van der Waals surface area contributed by atoms with Crippen LogP contribution in [0.2, 0.25) is 0 Å². The van der Waals surface area contributed by atoms with Crippen molar-refractivity contribution in [3.05, 3.63) is 36.7 Å². The van der Waals surface area contributed by atoms with E-state index in [2.05, 4.69) is 40.7 Å². The first-order valence-electron chi connectivity index (χ1n) is 3.92. The lowest BCUT2D eigenvalue weighted by molar-refractivity contribution is 0.849. The van der Waals surface area contributed by atoms with E-state index in [-0.39, 0.29) is 0 Å². The third-order valence-electron chi connectivity index (χ3n) is 2.11. The lowest BCUT2D eigenvalue weighted by Crippen LogP contribution is -2.27. The second kappa shape index (κ2) is 2.20. The summed E-state index contributed by atoms with van der Waals surface area (Å²) in [5, 5.41) is 3.27. The zero-order valence-electron chi connectivity index (χ0n) is 6.40. The third-order valence-corrected chi connectivity index (χ3v) is 3.29. The fraction of sp³-hybridized carbons (Fsp3) is 0.111. The Balaban J connectivity index is 2.14. The summed E-state index contributed by atoms with van der Waals surface area (Å²) >= 11 is 1.86. The van der Waals surface area contributed by atoms with Crippen LogP contribution in [0.4, 0.5) is 5.69 Å². The number of fused-ring (bicyclic) bond motifs is 3. The van der Waals surface area contributed by atoms with Crippen LogP contribution in [0.15, 0.2) is 41.6 Å². The van der Waals surface area contributed by atoms with Crippen LogP contribution in [-0.4, -0.2) is 5.50 Å². The maximum absolute atomic E-state index is 3.27. The van der Waals surface area contributed by atoms with E-state index in [1.54, 1.807) is 0 Å². The van der Waals surface area contributed by atoms with Crippen molar-refractivity contribution in [2.24, 2.45) is 0 Å². The largest absolute Gasteiger partial charge is 0.361 e. The number of nitrogens with zero attached hydrogens (tertiary/aromatic N) is 1. The monoisotopic (exact) mass is 176 g/mol. The van der Waals surface area contributed by atoms with E-state index < -0.39 is 0 Å². The van der Waals surface area contributed by atoms with Gasteiger partial charge >= 0.3 is 0 Å². The quantitative estimate of drug-likeness (QED) is 0.650. The molecule has 0 saturated carbocycles. The van der Waals surface area contributed by atoms with Crippen LogP contribution in [0, 0.1) is 0 Å². The summed E-state index contributed by atoms with van der Waals surface area (Å²) in [7, 11) is 0. The van der Waals surface area contributed by atoms with E-state index >= 15 is 0 Å². The minimum Gasteiger partial charge on any atom is -0.361 e. The van der Waals surface area contributed by atoms with Gasteiger partial charge in [-0.05, 0) is 12.1 Å². The number of nitrogens with one attached hydrogen (secondary N) is 1. The van der Waals surface area contributed by atoms with Crippen LogP contribution < -0.4 is 10.2 Å². The second-order valence-electron chi connectivity index (χ2n) is 2.83. The first-order chi connectivity index (χ1) is 5.95. The van der Waals surface area contributed by atoms with Crippen LogP contribution in [0.5, 0.6) is 0 Å². The van der Waals surface area contributed by atoms with Crippen LogP contribution in [0.3, 0.4) is 0 Å². The van der Waals surface area contributed by atoms with Gasteiger partial charge in [-0.15, -0.1) is 0 Å². The standard InChI is InChI=1S/C9H8N2S/c1-2-4-8-7(3-1)11-6-5-10-9(11)12-8/h1-6,9-10H. The average molecular weight is 176 g/mol. The molecule has 2 aliphatic heterocycles. The minimum absolute atomic E-state index is 0.391. The van der Waals surface area contributed by atoms with Gasteiger partial charge in [0.25, 0.3) is 0 Å². The molecule has 0 aliphatic carbocycles. The molecule has 1 aromatic rings. The molecule has 0 bridgehead atoms. The smallest absolute Gasteiger partial charge is 0.156 e. The van der Waals surface area contributed by atoms with Crippen molar-refractivity contribution >= 4 is 17.4 Å². The van der Waals surface area contributed by atoms with Gasteiger partial charge in [0.15, 0.2) is 5.50 Å². The highest BCUT2D eigenvalue weighted by Crippen LogP contribution is 2.43. The summed E-state index contributed by atoms with van der Waals surface area (Å²) in [5.74, 6) is 0. The Labute approximate surface area is 75.3 Å². The molecule has 1 atom stereocenters. The number of hydrogen-bond acceptors (Lipinski definition) is 3. The molecule has 1 unspecified atom stereocenters. The zero-order valence-corrected chi connectivity index (χ0v) is 7.21. The highest BCUT2D eigenvalue weighted by atomic mass is 32.2. The maximum Gasteiger partial charge on any atom is 0.156 e. The van der Waals surface area contributed by atoms with Crippen molar-refractivity contribution in [1.29, 1.82) is 0 Å². The Morgan fingerprint density at radius 1 is 1.33 bits per heavy atom. The minimum atomic E-state index is 0.391. The van der Waals surface area contributed by atoms with Gasteiger partial charge < -0.3 is 10.2 Å². The van der Waals surface area contributed by atoms with Crippen LogP contribution in [0.1, 0.15) is 0 Å². The Morgan fingerprint density at radius 3 is 3.25 bits per heavy atom. The molecule has 2 heterocycles. The topological polar surface area (TPSA) is 15.3 Å². The SMILES string of the molecule is C1=CN2c3ccccc3SC2N1. The summed E-state index contributed by atoms with van der Waals surface area (Å²) in [6, 6.07) is 8.47.